The molecule has 0 radical (unpaired) electrons. The number of aliphatic hydroxyl groups excluding tert-OH is 2. The third-order valence-corrected chi connectivity index (χ3v) is 24.7. The van der Waals surface area contributed by atoms with Crippen LogP contribution in [0.2, 0.25) is 0 Å². The number of nitrogens with one attached hydrogen (secondary N) is 1. The molecule has 1 aromatic carbocycles. The standard InChI is InChI=1S/C77H114N6O25S2/c1-47-34-55-12-14-62-48(2)35-57(102-62)18-20-77(92)41-61(86)58-39-60-70(58)106-63-15-13-56(104-73(63)72(60)107-77)36-53(84)37-59-65(40-64(103-55)49(47)3)105-66(71(59)93-6)38-54(85)42-78-74(90)100-44-50-8-10-52(11-9-50)82(75(91)101-46-76(4,5)110-109-7)22-25-96-28-31-97-30-27-95-24-21-81-43-51(79-80-81)45-99-33-32-98-29-26-94-23-19-69(89)108-83-67(87)16-17-68(83)88/h8-11,43,47,54-66,70-73,85-86,92H,2-3,12-42,44-46H2,1,4-7H3,(H,78,90)/t47-,54+,55+,56-,57+,58+,59+,60-,61-,62+,63+,64-,65+,66-,70+,71-,72-,73+,77+/m1/s1. The van der Waals surface area contributed by atoms with Crippen LogP contribution in [0.3, 0.4) is 0 Å². The molecule has 12 rings (SSSR count). The zero-order valence-corrected chi connectivity index (χ0v) is 65.7. The Bertz CT molecular complexity index is 3340. The molecule has 0 spiro atoms. The van der Waals surface area contributed by atoms with E-state index in [2.05, 4.69) is 35.7 Å². The lowest BCUT2D eigenvalue weighted by molar-refractivity contribution is -0.369. The Morgan fingerprint density at radius 2 is 1.44 bits per heavy atom. The second kappa shape index (κ2) is 41.3. The predicted molar refractivity (Wildman–Crippen MR) is 398 cm³/mol. The summed E-state index contributed by atoms with van der Waals surface area (Å²) >= 11 is 0. The number of fused-ring (bicyclic) bond motifs is 7. The Morgan fingerprint density at radius 1 is 0.745 bits per heavy atom. The van der Waals surface area contributed by atoms with Crippen LogP contribution in [-0.2, 0) is 115 Å². The fourth-order valence-corrected chi connectivity index (χ4v) is 18.3. The van der Waals surface area contributed by atoms with Crippen LogP contribution in [0.5, 0.6) is 0 Å². The Labute approximate surface area is 651 Å². The number of imide groups is 1. The van der Waals surface area contributed by atoms with Gasteiger partial charge in [0.15, 0.2) is 5.79 Å². The zero-order chi connectivity index (χ0) is 77.9. The number of Topliss-reactive ketones (excluding diaryl/α,β-unsaturated/α-hetero) is 1. The van der Waals surface area contributed by atoms with Gasteiger partial charge in [0.2, 0.25) is 0 Å². The highest BCUT2D eigenvalue weighted by atomic mass is 33.1. The predicted octanol–water partition coefficient (Wildman–Crippen LogP) is 6.85. The van der Waals surface area contributed by atoms with E-state index in [0.29, 0.717) is 113 Å². The van der Waals surface area contributed by atoms with Gasteiger partial charge in [-0.3, -0.25) is 19.3 Å². The van der Waals surface area contributed by atoms with E-state index in [1.807, 2.05) is 20.1 Å². The van der Waals surface area contributed by atoms with Crippen LogP contribution in [0.25, 0.3) is 0 Å². The van der Waals surface area contributed by atoms with Gasteiger partial charge in [0.05, 0.1) is 189 Å². The van der Waals surface area contributed by atoms with E-state index in [1.165, 1.54) is 4.90 Å². The lowest BCUT2D eigenvalue weighted by Crippen LogP contribution is -2.70. The molecule has 4 amide bonds. The van der Waals surface area contributed by atoms with Crippen molar-refractivity contribution in [2.24, 2.45) is 23.7 Å². The molecule has 110 heavy (non-hydrogen) atoms. The molecule has 9 saturated heterocycles. The first-order valence-corrected chi connectivity index (χ1v) is 41.6. The number of methoxy groups -OCH3 is 1. The molecule has 19 atom stereocenters. The number of carbonyl (C=O) groups is 6. The summed E-state index contributed by atoms with van der Waals surface area (Å²) in [5.41, 5.74) is 3.79. The zero-order valence-electron chi connectivity index (χ0n) is 64.1. The summed E-state index contributed by atoms with van der Waals surface area (Å²) in [5, 5.41) is 46.8. The number of alkyl carbamates (subject to hydrolysis) is 1. The highest BCUT2D eigenvalue weighted by molar-refractivity contribution is 8.77. The molecule has 2 aromatic rings. The highest BCUT2D eigenvalue weighted by Gasteiger charge is 2.62. The van der Waals surface area contributed by atoms with Crippen molar-refractivity contribution in [2.45, 2.75) is 246 Å². The Hall–Kier alpha value is -5.28. The summed E-state index contributed by atoms with van der Waals surface area (Å²) < 4.78 is 93.5. The molecule has 31 nitrogen and oxygen atoms in total. The molecule has 10 aliphatic rings. The number of nitrogens with zero attached hydrogens (tertiary/aromatic N) is 5. The number of ketones is 1. The van der Waals surface area contributed by atoms with Crippen molar-refractivity contribution in [1.29, 1.82) is 0 Å². The molecular weight excluding hydrogens is 1470 g/mol. The van der Waals surface area contributed by atoms with Crippen molar-refractivity contribution in [3.05, 3.63) is 66.0 Å². The number of rotatable bonds is 36. The maximum Gasteiger partial charge on any atom is 0.414 e. The molecule has 11 bridgehead atoms. The monoisotopic (exact) mass is 1590 g/mol. The number of amides is 4. The number of hydrogen-bond donors (Lipinski definition) is 4. The maximum absolute atomic E-state index is 14.6. The highest BCUT2D eigenvalue weighted by Crippen LogP contribution is 2.54. The molecule has 4 N–H and O–H groups in total. The van der Waals surface area contributed by atoms with Crippen molar-refractivity contribution in [1.82, 2.24) is 25.4 Å². The lowest BCUT2D eigenvalue weighted by atomic mass is 9.61. The van der Waals surface area contributed by atoms with Gasteiger partial charge in [0.25, 0.3) is 11.8 Å². The Balaban J connectivity index is 0.596. The van der Waals surface area contributed by atoms with Gasteiger partial charge >= 0.3 is 18.2 Å². The second-order valence-corrected chi connectivity index (χ2v) is 34.0. The molecule has 10 fully saturated rings. The van der Waals surface area contributed by atoms with Gasteiger partial charge in [-0.1, -0.05) is 59.0 Å². The normalized spacial score (nSPS) is 31.4. The number of hydroxylamine groups is 2. The van der Waals surface area contributed by atoms with Crippen LogP contribution in [0.1, 0.15) is 141 Å². The van der Waals surface area contributed by atoms with Crippen LogP contribution in [0.15, 0.2) is 54.8 Å². The molecule has 1 aromatic heterocycles. The minimum atomic E-state index is -1.61. The minimum absolute atomic E-state index is 0.0245. The van der Waals surface area contributed by atoms with E-state index in [0.717, 1.165) is 24.0 Å². The van der Waals surface area contributed by atoms with Gasteiger partial charge in [-0.2, -0.15) is 0 Å². The smallest absolute Gasteiger partial charge is 0.414 e. The van der Waals surface area contributed by atoms with E-state index in [4.69, 9.17) is 75.9 Å². The summed E-state index contributed by atoms with van der Waals surface area (Å²) in [6.45, 7) is 18.8. The first kappa shape index (κ1) is 85.6. The number of hydrogen-bond acceptors (Lipinski definition) is 29. The van der Waals surface area contributed by atoms with Crippen LogP contribution in [0.4, 0.5) is 15.3 Å². The largest absolute Gasteiger partial charge is 0.448 e. The van der Waals surface area contributed by atoms with Gasteiger partial charge in [-0.15, -0.1) is 10.2 Å². The summed E-state index contributed by atoms with van der Waals surface area (Å²) in [5.74, 6) is -3.90. The first-order valence-electron chi connectivity index (χ1n) is 39.0. The van der Waals surface area contributed by atoms with E-state index >= 15 is 0 Å². The lowest BCUT2D eigenvalue weighted by Gasteiger charge is -2.61. The molecular formula is C77H114N6O25S2. The molecule has 33 heteroatoms. The number of ether oxygens (including phenoxy) is 15. The van der Waals surface area contributed by atoms with E-state index in [-0.39, 0.29) is 182 Å². The summed E-state index contributed by atoms with van der Waals surface area (Å²) in [6, 6.07) is 6.98. The van der Waals surface area contributed by atoms with Crippen molar-refractivity contribution in [3.63, 3.8) is 0 Å². The van der Waals surface area contributed by atoms with Crippen molar-refractivity contribution < 1.29 is 120 Å². The van der Waals surface area contributed by atoms with Crippen LogP contribution >= 0.6 is 21.6 Å². The van der Waals surface area contributed by atoms with E-state index < -0.39 is 90.5 Å². The Kier molecular flexibility index (Phi) is 32.2. The van der Waals surface area contributed by atoms with Crippen molar-refractivity contribution in [2.75, 3.05) is 111 Å². The van der Waals surface area contributed by atoms with Crippen LogP contribution in [-0.4, -0.2) is 273 Å². The third-order valence-electron chi connectivity index (χ3n) is 22.1. The van der Waals surface area contributed by atoms with Crippen molar-refractivity contribution >= 4 is 63.0 Å². The number of aliphatic hydroxyl groups is 3. The molecule has 1 aliphatic carbocycles. The average molecular weight is 1590 g/mol. The molecule has 9 aliphatic heterocycles. The Morgan fingerprint density at radius 3 is 2.17 bits per heavy atom. The summed E-state index contributed by atoms with van der Waals surface area (Å²) in [7, 11) is 4.77. The van der Waals surface area contributed by atoms with Gasteiger partial charge < -0.3 is 96.5 Å². The molecule has 10 heterocycles. The first-order chi connectivity index (χ1) is 53.0. The summed E-state index contributed by atoms with van der Waals surface area (Å²) in [6.07, 6.45) is 2.36. The number of anilines is 1. The average Bonchev–Trinajstić information content (AvgIpc) is 1.02. The fourth-order valence-electron chi connectivity index (χ4n) is 16.3. The van der Waals surface area contributed by atoms with Crippen LogP contribution in [0, 0.1) is 23.7 Å². The van der Waals surface area contributed by atoms with Gasteiger partial charge in [-0.05, 0) is 106 Å². The molecule has 0 unspecified atom stereocenters. The number of aromatic nitrogens is 3. The van der Waals surface area contributed by atoms with Crippen LogP contribution < -0.4 is 10.2 Å². The third kappa shape index (κ3) is 24.2. The SMILES string of the molecule is C=C1C[C@@H]2CC[C@@]3(O)C[C@@H](O)[C@@H]4C[C@@H]5[C@H]4O[C@H]4CC[C@H](CC(=O)C[C@@H]6[C@@H](OC)[C@@H](C[C@H](O)CNC(=O)OCc7ccc(N(CCOCCOCCOCCn8cc(COCCOCCOCCC(=O)ON9C(=O)CCC9=O)nn8)C(=O)OCC(C)(C)SSC)cc7)O[C@H]6C[C@H]6O[C@@H](CC[C@@H]1O2)C[C@@H](C)C6=C)O[C@@H]4[C@@H]5O3. The second-order valence-electron chi connectivity index (χ2n) is 30.9. The topological polar surface area (TPSA) is 360 Å². The van der Waals surface area contributed by atoms with Gasteiger partial charge in [-0.25, -0.2) is 19.1 Å². The van der Waals surface area contributed by atoms with Gasteiger partial charge in [0.1, 0.15) is 30.8 Å². The number of carbonyl (C=O) groups excluding carboxylic acids is 6. The minimum Gasteiger partial charge on any atom is -0.448 e. The van der Waals surface area contributed by atoms with E-state index in [1.54, 1.807) is 63.8 Å². The van der Waals surface area contributed by atoms with Gasteiger partial charge in [0, 0.05) is 88.5 Å². The van der Waals surface area contributed by atoms with E-state index in [9.17, 15) is 44.1 Å². The maximum atomic E-state index is 14.6. The fraction of sp³-hybridized carbons (Fsp3) is 0.766. The quantitative estimate of drug-likeness (QED) is 0.0234. The van der Waals surface area contributed by atoms with Crippen molar-refractivity contribution in [3.8, 4) is 0 Å². The molecule has 614 valence electrons. The molecule has 1 saturated carbocycles. The number of benzene rings is 1. The summed E-state index contributed by atoms with van der Waals surface area (Å²) in [4.78, 5) is 82.9.